The molecule has 1 amide bonds. The van der Waals surface area contributed by atoms with Crippen LogP contribution in [-0.4, -0.2) is 35.0 Å². The molecule has 32 heavy (non-hydrogen) atoms. The fourth-order valence-corrected chi connectivity index (χ4v) is 4.41. The van der Waals surface area contributed by atoms with Gasteiger partial charge < -0.3 is 14.4 Å². The number of halogens is 2. The number of nitrogens with zero attached hydrogens (tertiary/aromatic N) is 2. The third-order valence-electron chi connectivity index (χ3n) is 5.17. The Morgan fingerprint density at radius 1 is 1.28 bits per heavy atom. The SMILES string of the molecule is O=C(Cc1csc(COc2ccc(Cl)cc2)n1)N(Cc1cccc(F)c1)CC1CCCO1. The highest BCUT2D eigenvalue weighted by Crippen LogP contribution is 2.20. The number of thiazole rings is 1. The Morgan fingerprint density at radius 3 is 2.88 bits per heavy atom. The van der Waals surface area contributed by atoms with Gasteiger partial charge in [0.1, 0.15) is 23.2 Å². The van der Waals surface area contributed by atoms with E-state index in [1.807, 2.05) is 11.4 Å². The molecule has 1 saturated heterocycles. The van der Waals surface area contributed by atoms with Crippen LogP contribution in [0.2, 0.25) is 5.02 Å². The summed E-state index contributed by atoms with van der Waals surface area (Å²) in [5, 5.41) is 3.32. The van der Waals surface area contributed by atoms with E-state index in [4.69, 9.17) is 21.1 Å². The smallest absolute Gasteiger partial charge is 0.229 e. The minimum atomic E-state index is -0.308. The van der Waals surface area contributed by atoms with Crippen molar-refractivity contribution in [3.05, 3.63) is 81.0 Å². The molecule has 1 aromatic heterocycles. The molecule has 0 bridgehead atoms. The fourth-order valence-electron chi connectivity index (χ4n) is 3.58. The summed E-state index contributed by atoms with van der Waals surface area (Å²) >= 11 is 7.35. The van der Waals surface area contributed by atoms with Gasteiger partial charge in [-0.1, -0.05) is 23.7 Å². The zero-order valence-electron chi connectivity index (χ0n) is 17.5. The summed E-state index contributed by atoms with van der Waals surface area (Å²) in [6.07, 6.45) is 2.12. The molecule has 1 unspecified atom stereocenters. The minimum Gasteiger partial charge on any atom is -0.486 e. The number of aromatic nitrogens is 1. The molecule has 1 aliphatic rings. The maximum Gasteiger partial charge on any atom is 0.229 e. The van der Waals surface area contributed by atoms with Crippen molar-refractivity contribution in [1.82, 2.24) is 9.88 Å². The third-order valence-corrected chi connectivity index (χ3v) is 6.29. The Morgan fingerprint density at radius 2 is 2.12 bits per heavy atom. The lowest BCUT2D eigenvalue weighted by molar-refractivity contribution is -0.132. The molecule has 0 N–H and O–H groups in total. The highest BCUT2D eigenvalue weighted by atomic mass is 35.5. The molecule has 2 heterocycles. The predicted molar refractivity (Wildman–Crippen MR) is 122 cm³/mol. The van der Waals surface area contributed by atoms with Gasteiger partial charge in [0.2, 0.25) is 5.91 Å². The number of benzene rings is 2. The van der Waals surface area contributed by atoms with E-state index < -0.39 is 0 Å². The largest absolute Gasteiger partial charge is 0.486 e. The summed E-state index contributed by atoms with van der Waals surface area (Å²) in [6.45, 7) is 1.87. The molecule has 1 aliphatic heterocycles. The fraction of sp³-hybridized carbons (Fsp3) is 0.333. The number of carbonyl (C=O) groups is 1. The second-order valence-electron chi connectivity index (χ2n) is 7.69. The molecule has 1 fully saturated rings. The highest BCUT2D eigenvalue weighted by Gasteiger charge is 2.23. The summed E-state index contributed by atoms with van der Waals surface area (Å²) < 4.78 is 25.1. The minimum absolute atomic E-state index is 0.0197. The molecular formula is C24H24ClFN2O3S. The number of rotatable bonds is 9. The molecule has 2 aromatic carbocycles. The van der Waals surface area contributed by atoms with E-state index in [-0.39, 0.29) is 24.2 Å². The quantitative estimate of drug-likeness (QED) is 0.424. The summed E-state index contributed by atoms with van der Waals surface area (Å²) in [5.74, 6) is 0.345. The molecule has 5 nitrogen and oxygen atoms in total. The van der Waals surface area contributed by atoms with Gasteiger partial charge in [0, 0.05) is 30.1 Å². The molecule has 0 saturated carbocycles. The normalized spacial score (nSPS) is 15.6. The van der Waals surface area contributed by atoms with Crippen molar-refractivity contribution in [3.8, 4) is 5.75 Å². The molecule has 1 atom stereocenters. The second kappa shape index (κ2) is 10.9. The van der Waals surface area contributed by atoms with Crippen LogP contribution in [0.15, 0.2) is 53.9 Å². The van der Waals surface area contributed by atoms with Crippen LogP contribution < -0.4 is 4.74 Å². The first-order valence-corrected chi connectivity index (χ1v) is 11.8. The number of amides is 1. The van der Waals surface area contributed by atoms with Crippen molar-refractivity contribution in [3.63, 3.8) is 0 Å². The van der Waals surface area contributed by atoms with E-state index in [2.05, 4.69) is 4.98 Å². The predicted octanol–water partition coefficient (Wildman–Crippen LogP) is 5.26. The molecule has 0 aliphatic carbocycles. The lowest BCUT2D eigenvalue weighted by Crippen LogP contribution is -2.38. The Hall–Kier alpha value is -2.48. The van der Waals surface area contributed by atoms with Crippen LogP contribution in [0.25, 0.3) is 0 Å². The third kappa shape index (κ3) is 6.51. The summed E-state index contributed by atoms with van der Waals surface area (Å²) in [5.41, 5.74) is 1.46. The second-order valence-corrected chi connectivity index (χ2v) is 9.07. The maximum atomic E-state index is 13.6. The molecule has 3 aromatic rings. The van der Waals surface area contributed by atoms with Gasteiger partial charge in [-0.15, -0.1) is 11.3 Å². The van der Waals surface area contributed by atoms with E-state index >= 15 is 0 Å². The van der Waals surface area contributed by atoms with Crippen LogP contribution in [0.3, 0.4) is 0 Å². The van der Waals surface area contributed by atoms with Crippen LogP contribution in [0, 0.1) is 5.82 Å². The maximum absolute atomic E-state index is 13.6. The van der Waals surface area contributed by atoms with Crippen LogP contribution in [0.5, 0.6) is 5.75 Å². The topological polar surface area (TPSA) is 51.7 Å². The van der Waals surface area contributed by atoms with Gasteiger partial charge in [-0.25, -0.2) is 9.37 Å². The molecule has 4 rings (SSSR count). The molecule has 0 spiro atoms. The zero-order valence-corrected chi connectivity index (χ0v) is 19.1. The average molecular weight is 475 g/mol. The van der Waals surface area contributed by atoms with Crippen molar-refractivity contribution in [2.45, 2.75) is 38.5 Å². The average Bonchev–Trinajstić information content (AvgIpc) is 3.45. The molecule has 168 valence electrons. The Kier molecular flexibility index (Phi) is 7.73. The van der Waals surface area contributed by atoms with E-state index in [0.29, 0.717) is 36.2 Å². The van der Waals surface area contributed by atoms with Crippen molar-refractivity contribution < 1.29 is 18.7 Å². The van der Waals surface area contributed by atoms with Crippen molar-refractivity contribution in [2.75, 3.05) is 13.2 Å². The first-order chi connectivity index (χ1) is 15.5. The van der Waals surface area contributed by atoms with Crippen LogP contribution in [-0.2, 0) is 29.1 Å². The Bertz CT molecular complexity index is 1040. The van der Waals surface area contributed by atoms with Gasteiger partial charge in [-0.2, -0.15) is 0 Å². The molecule has 0 radical (unpaired) electrons. The number of hydrogen-bond donors (Lipinski definition) is 0. The first kappa shape index (κ1) is 22.7. The standard InChI is InChI=1S/C24H24ClFN2O3S/c25-18-6-8-21(9-7-18)31-15-23-27-20(16-32-23)12-24(29)28(14-22-5-2-10-30-22)13-17-3-1-4-19(26)11-17/h1,3-4,6-9,11,16,22H,2,5,10,12-15H2. The Labute approximate surface area is 195 Å². The van der Waals surface area contributed by atoms with Crippen molar-refractivity contribution >= 4 is 28.8 Å². The summed E-state index contributed by atoms with van der Waals surface area (Å²) in [4.78, 5) is 19.4. The monoisotopic (exact) mass is 474 g/mol. The van der Waals surface area contributed by atoms with E-state index in [1.165, 1.54) is 23.5 Å². The van der Waals surface area contributed by atoms with Gasteiger partial charge >= 0.3 is 0 Å². The van der Waals surface area contributed by atoms with Gasteiger partial charge in [0.05, 0.1) is 18.2 Å². The molecule has 8 heteroatoms. The van der Waals surface area contributed by atoms with E-state index in [9.17, 15) is 9.18 Å². The summed E-state index contributed by atoms with van der Waals surface area (Å²) in [6, 6.07) is 13.5. The van der Waals surface area contributed by atoms with Crippen LogP contribution in [0.4, 0.5) is 4.39 Å². The van der Waals surface area contributed by atoms with Crippen molar-refractivity contribution in [2.24, 2.45) is 0 Å². The van der Waals surface area contributed by atoms with E-state index in [1.54, 1.807) is 35.2 Å². The van der Waals surface area contributed by atoms with Crippen LogP contribution in [0.1, 0.15) is 29.1 Å². The number of ether oxygens (including phenoxy) is 2. The molecular weight excluding hydrogens is 451 g/mol. The highest BCUT2D eigenvalue weighted by molar-refractivity contribution is 7.09. The summed E-state index contributed by atoms with van der Waals surface area (Å²) in [7, 11) is 0. The van der Waals surface area contributed by atoms with Gasteiger partial charge in [-0.3, -0.25) is 4.79 Å². The van der Waals surface area contributed by atoms with Gasteiger partial charge in [0.25, 0.3) is 0 Å². The Balaban J connectivity index is 1.37. The van der Waals surface area contributed by atoms with Crippen molar-refractivity contribution in [1.29, 1.82) is 0 Å². The lowest BCUT2D eigenvalue weighted by atomic mass is 10.1. The van der Waals surface area contributed by atoms with Gasteiger partial charge in [-0.05, 0) is 54.8 Å². The van der Waals surface area contributed by atoms with Gasteiger partial charge in [0.15, 0.2) is 0 Å². The van der Waals surface area contributed by atoms with E-state index in [0.717, 1.165) is 30.0 Å². The first-order valence-electron chi connectivity index (χ1n) is 10.5. The lowest BCUT2D eigenvalue weighted by Gasteiger charge is -2.25. The number of carbonyl (C=O) groups excluding carboxylic acids is 1. The number of hydrogen-bond acceptors (Lipinski definition) is 5. The zero-order chi connectivity index (χ0) is 22.3. The van der Waals surface area contributed by atoms with Crippen LogP contribution >= 0.6 is 22.9 Å².